The van der Waals surface area contributed by atoms with E-state index in [-0.39, 0.29) is 18.2 Å². The van der Waals surface area contributed by atoms with Crippen LogP contribution in [0.2, 0.25) is 0 Å². The van der Waals surface area contributed by atoms with Crippen LogP contribution in [0.3, 0.4) is 0 Å². The summed E-state index contributed by atoms with van der Waals surface area (Å²) in [4.78, 5) is 0. The Labute approximate surface area is 123 Å². The van der Waals surface area contributed by atoms with Crippen LogP contribution in [-0.4, -0.2) is 25.9 Å². The average molecular weight is 279 g/mol. The quantitative estimate of drug-likeness (QED) is 0.785. The predicted molar refractivity (Wildman–Crippen MR) is 84.3 cm³/mol. The lowest BCUT2D eigenvalue weighted by Gasteiger charge is -2.30. The second-order valence-electron chi connectivity index (χ2n) is 5.67. The number of benzene rings is 1. The molecule has 0 aliphatic rings. The Balaban J connectivity index is 2.98. The maximum atomic E-state index is 5.93. The molecule has 3 nitrogen and oxygen atoms in total. The summed E-state index contributed by atoms with van der Waals surface area (Å²) in [6.07, 6.45) is 0.338. The molecule has 0 fully saturated rings. The van der Waals surface area contributed by atoms with Gasteiger partial charge in [-0.05, 0) is 51.4 Å². The lowest BCUT2D eigenvalue weighted by atomic mass is 9.93. The molecule has 1 N–H and O–H groups in total. The van der Waals surface area contributed by atoms with Crippen molar-refractivity contribution >= 4 is 0 Å². The van der Waals surface area contributed by atoms with Crippen molar-refractivity contribution in [3.63, 3.8) is 0 Å². The highest BCUT2D eigenvalue weighted by molar-refractivity contribution is 5.31. The fraction of sp³-hybridized carbons (Fsp3) is 0.647. The lowest BCUT2D eigenvalue weighted by molar-refractivity contribution is 0.00455. The van der Waals surface area contributed by atoms with E-state index in [0.29, 0.717) is 5.92 Å². The smallest absolute Gasteiger partial charge is 0.120 e. The summed E-state index contributed by atoms with van der Waals surface area (Å²) in [6.45, 7) is 11.2. The van der Waals surface area contributed by atoms with Gasteiger partial charge in [0, 0.05) is 6.61 Å². The molecule has 0 saturated carbocycles. The molecule has 3 heteroatoms. The molecule has 0 aliphatic carbocycles. The van der Waals surface area contributed by atoms with Gasteiger partial charge in [-0.3, -0.25) is 0 Å². The monoisotopic (exact) mass is 279 g/mol. The summed E-state index contributed by atoms with van der Waals surface area (Å²) in [5, 5.41) is 3.38. The number of ether oxygens (including phenoxy) is 2. The lowest BCUT2D eigenvalue weighted by Crippen LogP contribution is -2.35. The third kappa shape index (κ3) is 4.80. The van der Waals surface area contributed by atoms with Crippen molar-refractivity contribution in [1.82, 2.24) is 5.32 Å². The molecule has 0 aromatic heterocycles. The number of hydrogen-bond acceptors (Lipinski definition) is 3. The van der Waals surface area contributed by atoms with E-state index < -0.39 is 0 Å². The van der Waals surface area contributed by atoms with Crippen LogP contribution in [0, 0.1) is 5.92 Å². The molecule has 2 unspecified atom stereocenters. The predicted octanol–water partition coefficient (Wildman–Crippen LogP) is 3.80. The molecule has 2 atom stereocenters. The fourth-order valence-corrected chi connectivity index (χ4v) is 2.44. The van der Waals surface area contributed by atoms with Gasteiger partial charge in [0.2, 0.25) is 0 Å². The number of nitrogens with one attached hydrogen (secondary N) is 1. The standard InChI is InChI=1S/C17H29NO2/c1-7-19-17(12(2)3)16(18-6)14-9-8-10-15(11-14)20-13(4)5/h8-13,16-18H,7H2,1-6H3. The van der Waals surface area contributed by atoms with Crippen LogP contribution in [-0.2, 0) is 4.74 Å². The first kappa shape index (κ1) is 17.0. The topological polar surface area (TPSA) is 30.5 Å². The highest BCUT2D eigenvalue weighted by Crippen LogP contribution is 2.27. The van der Waals surface area contributed by atoms with Crippen molar-refractivity contribution in [3.05, 3.63) is 29.8 Å². The van der Waals surface area contributed by atoms with Crippen LogP contribution < -0.4 is 10.1 Å². The van der Waals surface area contributed by atoms with E-state index in [1.807, 2.05) is 40.0 Å². The van der Waals surface area contributed by atoms with Gasteiger partial charge in [0.15, 0.2) is 0 Å². The van der Waals surface area contributed by atoms with Crippen molar-refractivity contribution in [3.8, 4) is 5.75 Å². The van der Waals surface area contributed by atoms with Gasteiger partial charge in [-0.2, -0.15) is 0 Å². The van der Waals surface area contributed by atoms with Crippen LogP contribution in [0.25, 0.3) is 0 Å². The molecule has 0 heterocycles. The zero-order valence-electron chi connectivity index (χ0n) is 13.6. The zero-order valence-corrected chi connectivity index (χ0v) is 13.6. The van der Waals surface area contributed by atoms with Gasteiger partial charge in [0.05, 0.1) is 18.2 Å². The van der Waals surface area contributed by atoms with Gasteiger partial charge in [-0.15, -0.1) is 0 Å². The SMILES string of the molecule is CCOC(C(C)C)C(NC)c1cccc(OC(C)C)c1. The third-order valence-corrected chi connectivity index (χ3v) is 3.24. The highest BCUT2D eigenvalue weighted by Gasteiger charge is 2.25. The summed E-state index contributed by atoms with van der Waals surface area (Å²) in [7, 11) is 1.98. The number of likely N-dealkylation sites (N-methyl/N-ethyl adjacent to an activating group) is 1. The van der Waals surface area contributed by atoms with E-state index in [0.717, 1.165) is 12.4 Å². The molecular formula is C17H29NO2. The number of hydrogen-bond donors (Lipinski definition) is 1. The van der Waals surface area contributed by atoms with Gasteiger partial charge in [0.25, 0.3) is 0 Å². The molecule has 0 radical (unpaired) electrons. The Morgan fingerprint density at radius 3 is 2.35 bits per heavy atom. The van der Waals surface area contributed by atoms with Crippen molar-refractivity contribution in [2.24, 2.45) is 5.92 Å². The zero-order chi connectivity index (χ0) is 15.1. The van der Waals surface area contributed by atoms with Crippen molar-refractivity contribution in [1.29, 1.82) is 0 Å². The van der Waals surface area contributed by atoms with Gasteiger partial charge in [-0.1, -0.05) is 26.0 Å². The highest BCUT2D eigenvalue weighted by atomic mass is 16.5. The van der Waals surface area contributed by atoms with Gasteiger partial charge in [0.1, 0.15) is 5.75 Å². The van der Waals surface area contributed by atoms with Gasteiger partial charge < -0.3 is 14.8 Å². The minimum absolute atomic E-state index is 0.152. The molecule has 1 rings (SSSR count). The summed E-state index contributed by atoms with van der Waals surface area (Å²) >= 11 is 0. The second-order valence-corrected chi connectivity index (χ2v) is 5.67. The van der Waals surface area contributed by atoms with E-state index in [4.69, 9.17) is 9.47 Å². The average Bonchev–Trinajstić information content (AvgIpc) is 2.38. The maximum absolute atomic E-state index is 5.93. The molecule has 1 aromatic carbocycles. The molecule has 20 heavy (non-hydrogen) atoms. The largest absolute Gasteiger partial charge is 0.491 e. The maximum Gasteiger partial charge on any atom is 0.120 e. The Morgan fingerprint density at radius 2 is 1.85 bits per heavy atom. The molecule has 114 valence electrons. The molecular weight excluding hydrogens is 250 g/mol. The molecule has 0 spiro atoms. The van der Waals surface area contributed by atoms with Crippen LogP contribution in [0.15, 0.2) is 24.3 Å². The summed E-state index contributed by atoms with van der Waals surface area (Å²) in [5.41, 5.74) is 1.21. The second kappa shape index (κ2) is 8.28. The van der Waals surface area contributed by atoms with E-state index in [1.54, 1.807) is 0 Å². The van der Waals surface area contributed by atoms with Gasteiger partial charge in [-0.25, -0.2) is 0 Å². The van der Waals surface area contributed by atoms with Crippen LogP contribution in [0.4, 0.5) is 0 Å². The summed E-state index contributed by atoms with van der Waals surface area (Å²) in [5.74, 6) is 1.36. The minimum atomic E-state index is 0.152. The van der Waals surface area contributed by atoms with Crippen LogP contribution >= 0.6 is 0 Å². The third-order valence-electron chi connectivity index (χ3n) is 3.24. The molecule has 0 aliphatic heterocycles. The molecule has 0 amide bonds. The first-order valence-electron chi connectivity index (χ1n) is 7.55. The van der Waals surface area contributed by atoms with Crippen LogP contribution in [0.1, 0.15) is 46.2 Å². The minimum Gasteiger partial charge on any atom is -0.491 e. The molecule has 1 aromatic rings. The molecule has 0 saturated heterocycles. The van der Waals surface area contributed by atoms with E-state index in [9.17, 15) is 0 Å². The van der Waals surface area contributed by atoms with Gasteiger partial charge >= 0.3 is 0 Å². The molecule has 0 bridgehead atoms. The Kier molecular flexibility index (Phi) is 7.03. The van der Waals surface area contributed by atoms with Crippen molar-refractivity contribution in [2.75, 3.05) is 13.7 Å². The van der Waals surface area contributed by atoms with Crippen molar-refractivity contribution < 1.29 is 9.47 Å². The summed E-state index contributed by atoms with van der Waals surface area (Å²) < 4.78 is 11.7. The summed E-state index contributed by atoms with van der Waals surface area (Å²) in [6, 6.07) is 8.45. The Hall–Kier alpha value is -1.06. The normalized spacial score (nSPS) is 14.6. The Bertz CT molecular complexity index is 390. The first-order valence-corrected chi connectivity index (χ1v) is 7.55. The van der Waals surface area contributed by atoms with E-state index in [2.05, 4.69) is 31.3 Å². The van der Waals surface area contributed by atoms with Crippen molar-refractivity contribution in [2.45, 2.75) is 52.9 Å². The van der Waals surface area contributed by atoms with E-state index in [1.165, 1.54) is 5.56 Å². The van der Waals surface area contributed by atoms with E-state index >= 15 is 0 Å². The number of rotatable bonds is 8. The fourth-order valence-electron chi connectivity index (χ4n) is 2.44. The first-order chi connectivity index (χ1) is 9.49. The van der Waals surface area contributed by atoms with Crippen LogP contribution in [0.5, 0.6) is 5.75 Å². The Morgan fingerprint density at radius 1 is 1.15 bits per heavy atom.